The Morgan fingerprint density at radius 3 is 3.22 bits per heavy atom. The molecule has 94 valence electrons. The van der Waals surface area contributed by atoms with E-state index in [-0.39, 0.29) is 0 Å². The molecule has 0 fully saturated rings. The molecule has 1 aliphatic rings. The van der Waals surface area contributed by atoms with Crippen LogP contribution in [0.2, 0.25) is 0 Å². The number of fused-ring (bicyclic) bond motifs is 1. The zero-order valence-corrected chi connectivity index (χ0v) is 10.1. The normalized spacial score (nSPS) is 17.4. The van der Waals surface area contributed by atoms with Crippen molar-refractivity contribution in [3.05, 3.63) is 42.2 Å². The number of rotatable bonds is 5. The molecule has 0 saturated heterocycles. The van der Waals surface area contributed by atoms with Crippen LogP contribution in [0.15, 0.2) is 36.7 Å². The third-order valence-electron chi connectivity index (χ3n) is 3.18. The SMILES string of the molecule is c1ccc2c(c1)OCC2CNCCn1ccnn1. The summed E-state index contributed by atoms with van der Waals surface area (Å²) in [7, 11) is 0. The lowest BCUT2D eigenvalue weighted by Crippen LogP contribution is -2.26. The number of hydrogen-bond donors (Lipinski definition) is 1. The molecule has 1 aromatic heterocycles. The van der Waals surface area contributed by atoms with Crippen molar-refractivity contribution in [3.63, 3.8) is 0 Å². The van der Waals surface area contributed by atoms with Gasteiger partial charge in [-0.05, 0) is 6.07 Å². The van der Waals surface area contributed by atoms with Crippen LogP contribution in [0.1, 0.15) is 11.5 Å². The minimum absolute atomic E-state index is 0.456. The minimum atomic E-state index is 0.456. The molecule has 1 atom stereocenters. The van der Waals surface area contributed by atoms with E-state index in [2.05, 4.69) is 27.8 Å². The number of ether oxygens (including phenoxy) is 1. The third kappa shape index (κ3) is 2.36. The second-order valence-electron chi connectivity index (χ2n) is 4.42. The third-order valence-corrected chi connectivity index (χ3v) is 3.18. The fourth-order valence-corrected chi connectivity index (χ4v) is 2.22. The van der Waals surface area contributed by atoms with Crippen molar-refractivity contribution in [3.8, 4) is 5.75 Å². The van der Waals surface area contributed by atoms with Crippen LogP contribution in [-0.2, 0) is 6.54 Å². The predicted octanol–water partition coefficient (Wildman–Crippen LogP) is 1.04. The van der Waals surface area contributed by atoms with Crippen LogP contribution < -0.4 is 10.1 Å². The monoisotopic (exact) mass is 244 g/mol. The molecule has 2 heterocycles. The van der Waals surface area contributed by atoms with Crippen molar-refractivity contribution in [2.75, 3.05) is 19.7 Å². The molecular formula is C13H16N4O. The summed E-state index contributed by atoms with van der Waals surface area (Å²) in [4.78, 5) is 0. The van der Waals surface area contributed by atoms with Gasteiger partial charge >= 0.3 is 0 Å². The molecule has 0 aliphatic carbocycles. The van der Waals surface area contributed by atoms with Crippen molar-refractivity contribution in [2.24, 2.45) is 0 Å². The molecule has 18 heavy (non-hydrogen) atoms. The van der Waals surface area contributed by atoms with Gasteiger partial charge in [0.2, 0.25) is 0 Å². The number of aromatic nitrogens is 3. The van der Waals surface area contributed by atoms with Crippen molar-refractivity contribution in [1.29, 1.82) is 0 Å². The summed E-state index contributed by atoms with van der Waals surface area (Å²) in [5.74, 6) is 1.48. The highest BCUT2D eigenvalue weighted by Crippen LogP contribution is 2.32. The van der Waals surface area contributed by atoms with E-state index in [9.17, 15) is 0 Å². The molecule has 1 aromatic carbocycles. The van der Waals surface area contributed by atoms with Crippen LogP contribution in [0.5, 0.6) is 5.75 Å². The maximum absolute atomic E-state index is 5.65. The highest BCUT2D eigenvalue weighted by atomic mass is 16.5. The van der Waals surface area contributed by atoms with Gasteiger partial charge in [-0.3, -0.25) is 4.68 Å². The quantitative estimate of drug-likeness (QED) is 0.799. The highest BCUT2D eigenvalue weighted by Gasteiger charge is 2.22. The van der Waals surface area contributed by atoms with Gasteiger partial charge in [-0.2, -0.15) is 0 Å². The maximum atomic E-state index is 5.65. The molecular weight excluding hydrogens is 228 g/mol. The first-order valence-electron chi connectivity index (χ1n) is 6.20. The first-order valence-corrected chi connectivity index (χ1v) is 6.20. The van der Waals surface area contributed by atoms with Gasteiger partial charge < -0.3 is 10.1 Å². The zero-order valence-electron chi connectivity index (χ0n) is 10.1. The van der Waals surface area contributed by atoms with E-state index in [1.807, 2.05) is 23.0 Å². The Balaban J connectivity index is 1.47. The number of nitrogens with zero attached hydrogens (tertiary/aromatic N) is 3. The van der Waals surface area contributed by atoms with Crippen LogP contribution >= 0.6 is 0 Å². The Morgan fingerprint density at radius 2 is 2.33 bits per heavy atom. The van der Waals surface area contributed by atoms with Gasteiger partial charge in [0.15, 0.2) is 0 Å². The van der Waals surface area contributed by atoms with Crippen molar-refractivity contribution >= 4 is 0 Å². The van der Waals surface area contributed by atoms with Gasteiger partial charge in [0.25, 0.3) is 0 Å². The lowest BCUT2D eigenvalue weighted by atomic mass is 10.0. The fourth-order valence-electron chi connectivity index (χ4n) is 2.22. The Bertz CT molecular complexity index is 497. The predicted molar refractivity (Wildman–Crippen MR) is 67.6 cm³/mol. The van der Waals surface area contributed by atoms with Crippen LogP contribution in [0.3, 0.4) is 0 Å². The molecule has 5 heteroatoms. The van der Waals surface area contributed by atoms with E-state index in [1.54, 1.807) is 6.20 Å². The minimum Gasteiger partial charge on any atom is -0.493 e. The van der Waals surface area contributed by atoms with Crippen LogP contribution in [0, 0.1) is 0 Å². The lowest BCUT2D eigenvalue weighted by molar-refractivity contribution is 0.325. The molecule has 2 aromatic rings. The molecule has 0 bridgehead atoms. The van der Waals surface area contributed by atoms with Crippen LogP contribution in [0.25, 0.3) is 0 Å². The number of nitrogens with one attached hydrogen (secondary N) is 1. The van der Waals surface area contributed by atoms with E-state index < -0.39 is 0 Å². The molecule has 5 nitrogen and oxygen atoms in total. The molecule has 0 amide bonds. The van der Waals surface area contributed by atoms with E-state index in [4.69, 9.17) is 4.74 Å². The van der Waals surface area contributed by atoms with Gasteiger partial charge in [0.05, 0.1) is 19.3 Å². The summed E-state index contributed by atoms with van der Waals surface area (Å²) in [5, 5.41) is 11.1. The Hall–Kier alpha value is -1.88. The topological polar surface area (TPSA) is 52.0 Å². The summed E-state index contributed by atoms with van der Waals surface area (Å²) < 4.78 is 7.47. The fraction of sp³-hybridized carbons (Fsp3) is 0.385. The highest BCUT2D eigenvalue weighted by molar-refractivity contribution is 5.39. The van der Waals surface area contributed by atoms with Crippen LogP contribution in [-0.4, -0.2) is 34.7 Å². The van der Waals surface area contributed by atoms with Crippen molar-refractivity contribution in [1.82, 2.24) is 20.3 Å². The lowest BCUT2D eigenvalue weighted by Gasteiger charge is -2.10. The molecule has 1 unspecified atom stereocenters. The Morgan fingerprint density at radius 1 is 1.39 bits per heavy atom. The second kappa shape index (κ2) is 5.18. The Labute approximate surface area is 106 Å². The van der Waals surface area contributed by atoms with E-state index in [1.165, 1.54) is 5.56 Å². The molecule has 3 rings (SSSR count). The summed E-state index contributed by atoms with van der Waals surface area (Å²) in [6.45, 7) is 3.44. The van der Waals surface area contributed by atoms with Gasteiger partial charge in [0, 0.05) is 30.8 Å². The molecule has 0 saturated carbocycles. The van der Waals surface area contributed by atoms with Gasteiger partial charge in [-0.1, -0.05) is 23.4 Å². The van der Waals surface area contributed by atoms with Gasteiger partial charge in [-0.25, -0.2) is 0 Å². The van der Waals surface area contributed by atoms with Gasteiger partial charge in [-0.15, -0.1) is 5.10 Å². The molecule has 1 aliphatic heterocycles. The molecule has 1 N–H and O–H groups in total. The molecule has 0 radical (unpaired) electrons. The Kier molecular flexibility index (Phi) is 3.23. The first kappa shape index (κ1) is 11.2. The summed E-state index contributed by atoms with van der Waals surface area (Å²) in [6, 6.07) is 8.26. The maximum Gasteiger partial charge on any atom is 0.122 e. The van der Waals surface area contributed by atoms with E-state index in [0.29, 0.717) is 5.92 Å². The zero-order chi connectivity index (χ0) is 12.2. The second-order valence-corrected chi connectivity index (χ2v) is 4.42. The van der Waals surface area contributed by atoms with Crippen molar-refractivity contribution < 1.29 is 4.74 Å². The standard InChI is InChI=1S/C13H16N4O/c1-2-4-13-12(3-1)11(10-18-13)9-14-5-7-17-8-6-15-16-17/h1-4,6,8,11,14H,5,7,9-10H2. The average Bonchev–Trinajstić information content (AvgIpc) is 3.04. The number of benzene rings is 1. The van der Waals surface area contributed by atoms with Crippen molar-refractivity contribution in [2.45, 2.75) is 12.5 Å². The van der Waals surface area contributed by atoms with Gasteiger partial charge in [0.1, 0.15) is 5.75 Å². The number of para-hydroxylation sites is 1. The summed E-state index contributed by atoms with van der Waals surface area (Å²) in [5.41, 5.74) is 1.31. The smallest absolute Gasteiger partial charge is 0.122 e. The first-order chi connectivity index (χ1) is 8.93. The largest absolute Gasteiger partial charge is 0.493 e. The average molecular weight is 244 g/mol. The summed E-state index contributed by atoms with van der Waals surface area (Å²) in [6.07, 6.45) is 3.57. The molecule has 0 spiro atoms. The van der Waals surface area contributed by atoms with E-state index >= 15 is 0 Å². The summed E-state index contributed by atoms with van der Waals surface area (Å²) >= 11 is 0. The van der Waals surface area contributed by atoms with Crippen LogP contribution in [0.4, 0.5) is 0 Å². The van der Waals surface area contributed by atoms with E-state index in [0.717, 1.165) is 32.0 Å². The number of hydrogen-bond acceptors (Lipinski definition) is 4.